The predicted octanol–water partition coefficient (Wildman–Crippen LogP) is 4.20. The van der Waals surface area contributed by atoms with Gasteiger partial charge in [0.25, 0.3) is 0 Å². The van der Waals surface area contributed by atoms with Crippen molar-refractivity contribution in [3.63, 3.8) is 0 Å². The topological polar surface area (TPSA) is 48.3 Å². The Morgan fingerprint density at radius 1 is 1.08 bits per heavy atom. The maximum atomic E-state index is 12.4. The van der Waals surface area contributed by atoms with E-state index in [4.69, 9.17) is 4.74 Å². The molecule has 0 saturated heterocycles. The first-order chi connectivity index (χ1) is 11.6. The summed E-state index contributed by atoms with van der Waals surface area (Å²) in [5.41, 5.74) is 3.39. The number of nitrogens with zero attached hydrogens (tertiary/aromatic N) is 1. The van der Waals surface area contributed by atoms with Crippen molar-refractivity contribution in [2.24, 2.45) is 0 Å². The number of benzene rings is 1. The normalized spacial score (nSPS) is 10.6. The van der Waals surface area contributed by atoms with Crippen LogP contribution >= 0.6 is 11.3 Å². The molecular formula is C19H17NO3S. The van der Waals surface area contributed by atoms with Crippen LogP contribution in [0, 0.1) is 13.8 Å². The first-order valence-electron chi connectivity index (χ1n) is 7.56. The minimum Gasteiger partial charge on any atom is -0.453 e. The van der Waals surface area contributed by atoms with Crippen molar-refractivity contribution in [2.75, 3.05) is 6.61 Å². The number of hydrogen-bond acceptors (Lipinski definition) is 4. The van der Waals surface area contributed by atoms with Gasteiger partial charge in [-0.05, 0) is 43.5 Å². The van der Waals surface area contributed by atoms with Gasteiger partial charge in [0, 0.05) is 22.6 Å². The maximum absolute atomic E-state index is 12.4. The molecule has 3 aromatic rings. The van der Waals surface area contributed by atoms with E-state index in [9.17, 15) is 9.59 Å². The summed E-state index contributed by atoms with van der Waals surface area (Å²) in [7, 11) is 0. The molecule has 0 atom stereocenters. The molecule has 0 unspecified atom stereocenters. The lowest BCUT2D eigenvalue weighted by atomic mass is 10.1. The van der Waals surface area contributed by atoms with Gasteiger partial charge in [-0.1, -0.05) is 24.3 Å². The van der Waals surface area contributed by atoms with Gasteiger partial charge in [-0.3, -0.25) is 4.79 Å². The standard InChI is InChI=1S/C19H17NO3S/c1-13-11-16(14(2)20(13)15-7-4-3-5-8-15)17(21)12-23-19(22)18-9-6-10-24-18/h3-11H,12H2,1-2H3. The van der Waals surface area contributed by atoms with Crippen LogP contribution in [-0.2, 0) is 4.74 Å². The number of carbonyl (C=O) groups excluding carboxylic acids is 2. The quantitative estimate of drug-likeness (QED) is 0.517. The number of aromatic nitrogens is 1. The van der Waals surface area contributed by atoms with E-state index >= 15 is 0 Å². The molecule has 3 rings (SSSR count). The summed E-state index contributed by atoms with van der Waals surface area (Å²) in [6.45, 7) is 3.60. The third kappa shape index (κ3) is 3.16. The van der Waals surface area contributed by atoms with Gasteiger partial charge >= 0.3 is 5.97 Å². The van der Waals surface area contributed by atoms with Crippen molar-refractivity contribution in [1.29, 1.82) is 0 Å². The summed E-state index contributed by atoms with van der Waals surface area (Å²) in [6, 6.07) is 15.1. The highest BCUT2D eigenvalue weighted by Gasteiger charge is 2.18. The molecule has 0 spiro atoms. The van der Waals surface area contributed by atoms with Crippen molar-refractivity contribution in [1.82, 2.24) is 4.57 Å². The van der Waals surface area contributed by atoms with Crippen LogP contribution in [0.3, 0.4) is 0 Å². The Morgan fingerprint density at radius 3 is 2.50 bits per heavy atom. The number of hydrogen-bond donors (Lipinski definition) is 0. The largest absolute Gasteiger partial charge is 0.453 e. The zero-order valence-corrected chi connectivity index (χ0v) is 14.3. The van der Waals surface area contributed by atoms with E-state index in [1.807, 2.05) is 54.8 Å². The van der Waals surface area contributed by atoms with Gasteiger partial charge in [0.2, 0.25) is 5.78 Å². The van der Waals surface area contributed by atoms with E-state index in [0.29, 0.717) is 10.4 Å². The highest BCUT2D eigenvalue weighted by Crippen LogP contribution is 2.21. The number of rotatable bonds is 5. The molecule has 0 N–H and O–H groups in total. The van der Waals surface area contributed by atoms with Gasteiger partial charge in [0.15, 0.2) is 6.61 Å². The lowest BCUT2D eigenvalue weighted by molar-refractivity contribution is 0.0479. The third-order valence-electron chi connectivity index (χ3n) is 3.80. The van der Waals surface area contributed by atoms with E-state index in [1.54, 1.807) is 17.5 Å². The van der Waals surface area contributed by atoms with Crippen LogP contribution < -0.4 is 0 Å². The minimum atomic E-state index is -0.463. The number of aryl methyl sites for hydroxylation is 1. The number of Topliss-reactive ketones (excluding diaryl/α,β-unsaturated/α-hetero) is 1. The SMILES string of the molecule is Cc1cc(C(=O)COC(=O)c2cccs2)c(C)n1-c1ccccc1. The van der Waals surface area contributed by atoms with Crippen molar-refractivity contribution >= 4 is 23.1 Å². The molecule has 2 heterocycles. The fourth-order valence-corrected chi connectivity index (χ4v) is 3.31. The van der Waals surface area contributed by atoms with Crippen molar-refractivity contribution < 1.29 is 14.3 Å². The van der Waals surface area contributed by atoms with E-state index in [2.05, 4.69) is 0 Å². The van der Waals surface area contributed by atoms with Crippen LogP contribution in [0.1, 0.15) is 31.4 Å². The molecule has 5 heteroatoms. The summed E-state index contributed by atoms with van der Waals surface area (Å²) in [6.07, 6.45) is 0. The third-order valence-corrected chi connectivity index (χ3v) is 4.65. The summed E-state index contributed by atoms with van der Waals surface area (Å²) in [5.74, 6) is -0.662. The maximum Gasteiger partial charge on any atom is 0.348 e. The van der Waals surface area contributed by atoms with Gasteiger partial charge in [0.1, 0.15) is 4.88 Å². The molecule has 0 aliphatic carbocycles. The fraction of sp³-hybridized carbons (Fsp3) is 0.158. The van der Waals surface area contributed by atoms with Crippen LogP contribution in [0.25, 0.3) is 5.69 Å². The smallest absolute Gasteiger partial charge is 0.348 e. The number of thiophene rings is 1. The Bertz CT molecular complexity index is 864. The molecule has 0 aliphatic rings. The molecule has 0 saturated carbocycles. The molecule has 1 aromatic carbocycles. The highest BCUT2D eigenvalue weighted by atomic mass is 32.1. The van der Waals surface area contributed by atoms with Crippen LogP contribution in [-0.4, -0.2) is 22.9 Å². The molecule has 0 aliphatic heterocycles. The van der Waals surface area contributed by atoms with Crippen molar-refractivity contribution in [2.45, 2.75) is 13.8 Å². The molecule has 0 radical (unpaired) electrons. The van der Waals surface area contributed by atoms with Crippen molar-refractivity contribution in [3.8, 4) is 5.69 Å². The predicted molar refractivity (Wildman–Crippen MR) is 94.2 cm³/mol. The van der Waals surface area contributed by atoms with Gasteiger partial charge in [0.05, 0.1) is 0 Å². The van der Waals surface area contributed by atoms with E-state index in [-0.39, 0.29) is 12.4 Å². The fourth-order valence-electron chi connectivity index (χ4n) is 2.69. The highest BCUT2D eigenvalue weighted by molar-refractivity contribution is 7.11. The van der Waals surface area contributed by atoms with Gasteiger partial charge in [-0.2, -0.15) is 0 Å². The molecular weight excluding hydrogens is 322 g/mol. The zero-order chi connectivity index (χ0) is 17.1. The van der Waals surface area contributed by atoms with Crippen LogP contribution in [0.5, 0.6) is 0 Å². The second kappa shape index (κ2) is 6.84. The molecule has 0 bridgehead atoms. The lowest BCUT2D eigenvalue weighted by Gasteiger charge is -2.09. The Morgan fingerprint density at radius 2 is 1.83 bits per heavy atom. The lowest BCUT2D eigenvalue weighted by Crippen LogP contribution is -2.14. The number of esters is 1. The first kappa shape index (κ1) is 16.2. The Labute approximate surface area is 144 Å². The van der Waals surface area contributed by atoms with E-state index in [0.717, 1.165) is 17.1 Å². The molecule has 122 valence electrons. The van der Waals surface area contributed by atoms with Gasteiger partial charge in [-0.25, -0.2) is 4.79 Å². The number of carbonyl (C=O) groups is 2. The van der Waals surface area contributed by atoms with E-state index in [1.165, 1.54) is 11.3 Å². The van der Waals surface area contributed by atoms with Crippen LogP contribution in [0.15, 0.2) is 53.9 Å². The summed E-state index contributed by atoms with van der Waals surface area (Å²) in [5, 5.41) is 1.80. The minimum absolute atomic E-state index is 0.199. The summed E-state index contributed by atoms with van der Waals surface area (Å²) in [4.78, 5) is 24.8. The zero-order valence-electron chi connectivity index (χ0n) is 13.5. The van der Waals surface area contributed by atoms with Gasteiger partial charge in [-0.15, -0.1) is 11.3 Å². The number of para-hydroxylation sites is 1. The Kier molecular flexibility index (Phi) is 4.62. The first-order valence-corrected chi connectivity index (χ1v) is 8.44. The van der Waals surface area contributed by atoms with Crippen molar-refractivity contribution in [3.05, 3.63) is 75.7 Å². The summed E-state index contributed by atoms with van der Waals surface area (Å²) >= 11 is 1.30. The molecule has 0 amide bonds. The molecule has 24 heavy (non-hydrogen) atoms. The average molecular weight is 339 g/mol. The second-order valence-electron chi connectivity index (χ2n) is 5.43. The monoisotopic (exact) mass is 339 g/mol. The average Bonchev–Trinajstić information content (AvgIpc) is 3.21. The molecule has 0 fully saturated rings. The molecule has 2 aromatic heterocycles. The van der Waals surface area contributed by atoms with Crippen LogP contribution in [0.4, 0.5) is 0 Å². The number of ketones is 1. The second-order valence-corrected chi connectivity index (χ2v) is 6.38. The summed E-state index contributed by atoms with van der Waals surface area (Å²) < 4.78 is 7.15. The number of ether oxygens (including phenoxy) is 1. The van der Waals surface area contributed by atoms with Crippen LogP contribution in [0.2, 0.25) is 0 Å². The Balaban J connectivity index is 1.78. The Hall–Kier alpha value is -2.66. The van der Waals surface area contributed by atoms with E-state index < -0.39 is 5.97 Å². The molecule has 4 nitrogen and oxygen atoms in total. The van der Waals surface area contributed by atoms with Gasteiger partial charge < -0.3 is 9.30 Å².